The predicted octanol–water partition coefficient (Wildman–Crippen LogP) is 2.79. The van der Waals surface area contributed by atoms with Gasteiger partial charge in [-0.15, -0.1) is 10.2 Å². The molecular formula is C22H28N4O5S. The van der Waals surface area contributed by atoms with Crippen molar-refractivity contribution in [2.45, 2.75) is 44.6 Å². The van der Waals surface area contributed by atoms with Crippen LogP contribution in [-0.4, -0.2) is 66.4 Å². The second-order valence-corrected chi connectivity index (χ2v) is 9.35. The Hall–Kier alpha value is -2.72. The number of aromatic nitrogens is 2. The first-order chi connectivity index (χ1) is 15.4. The molecule has 0 bridgehead atoms. The molecule has 10 heteroatoms. The van der Waals surface area contributed by atoms with Gasteiger partial charge in [0.1, 0.15) is 11.1 Å². The lowest BCUT2D eigenvalue weighted by atomic mass is 9.98. The van der Waals surface area contributed by atoms with Gasteiger partial charge in [-0.05, 0) is 17.7 Å². The number of carbonyl (C=O) groups is 2. The van der Waals surface area contributed by atoms with Gasteiger partial charge in [-0.25, -0.2) is 0 Å². The lowest BCUT2D eigenvalue weighted by Gasteiger charge is -2.18. The fourth-order valence-corrected chi connectivity index (χ4v) is 4.59. The van der Waals surface area contributed by atoms with Crippen LogP contribution in [0.3, 0.4) is 0 Å². The Balaban J connectivity index is 1.38. The summed E-state index contributed by atoms with van der Waals surface area (Å²) in [6.07, 6.45) is 1.19. The number of ether oxygens (including phenoxy) is 3. The van der Waals surface area contributed by atoms with Gasteiger partial charge in [0.25, 0.3) is 0 Å². The van der Waals surface area contributed by atoms with Crippen molar-refractivity contribution in [3.63, 3.8) is 0 Å². The van der Waals surface area contributed by atoms with Crippen LogP contribution in [0.25, 0.3) is 0 Å². The maximum Gasteiger partial charge on any atom is 0.245 e. The summed E-state index contributed by atoms with van der Waals surface area (Å²) in [7, 11) is 1.61. The number of hydrogen-bond donors (Lipinski definition) is 1. The monoisotopic (exact) mass is 460 g/mol. The Morgan fingerprint density at radius 3 is 2.88 bits per heavy atom. The molecule has 2 aliphatic heterocycles. The summed E-state index contributed by atoms with van der Waals surface area (Å²) in [5, 5.41) is 12.1. The van der Waals surface area contributed by atoms with Crippen LogP contribution in [0.5, 0.6) is 11.5 Å². The first-order valence-corrected chi connectivity index (χ1v) is 11.6. The van der Waals surface area contributed by atoms with Gasteiger partial charge in [-0.3, -0.25) is 14.9 Å². The van der Waals surface area contributed by atoms with Crippen LogP contribution in [0.1, 0.15) is 49.1 Å². The van der Waals surface area contributed by atoms with E-state index in [0.717, 1.165) is 17.0 Å². The van der Waals surface area contributed by atoms with Crippen LogP contribution in [0.15, 0.2) is 18.2 Å². The molecule has 0 radical (unpaired) electrons. The van der Waals surface area contributed by atoms with E-state index in [1.54, 1.807) is 12.0 Å². The van der Waals surface area contributed by atoms with E-state index in [0.29, 0.717) is 42.8 Å². The summed E-state index contributed by atoms with van der Waals surface area (Å²) in [5.41, 5.74) is 0.988. The van der Waals surface area contributed by atoms with Crippen LogP contribution in [0.2, 0.25) is 0 Å². The molecule has 0 spiro atoms. The van der Waals surface area contributed by atoms with Gasteiger partial charge in [0.2, 0.25) is 16.9 Å². The maximum atomic E-state index is 12.6. The van der Waals surface area contributed by atoms with Gasteiger partial charge in [0.15, 0.2) is 11.5 Å². The normalized spacial score (nSPS) is 20.8. The third-order valence-electron chi connectivity index (χ3n) is 5.57. The van der Waals surface area contributed by atoms with Crippen molar-refractivity contribution in [2.75, 3.05) is 38.7 Å². The van der Waals surface area contributed by atoms with Crippen LogP contribution in [-0.2, 0) is 14.3 Å². The number of likely N-dealkylation sites (tertiary alicyclic amines) is 1. The number of carbonyl (C=O) groups excluding carboxylic acids is 2. The van der Waals surface area contributed by atoms with Crippen LogP contribution in [0.4, 0.5) is 5.13 Å². The third-order valence-corrected chi connectivity index (χ3v) is 6.71. The molecule has 2 saturated heterocycles. The quantitative estimate of drug-likeness (QED) is 0.646. The topological polar surface area (TPSA) is 103 Å². The number of rotatable bonds is 8. The number of methoxy groups -OCH3 is 1. The highest BCUT2D eigenvalue weighted by Crippen LogP contribution is 2.36. The smallest absolute Gasteiger partial charge is 0.245 e. The molecule has 2 atom stereocenters. The van der Waals surface area contributed by atoms with E-state index in [1.807, 2.05) is 32.0 Å². The summed E-state index contributed by atoms with van der Waals surface area (Å²) in [4.78, 5) is 26.6. The molecule has 1 aromatic heterocycles. The molecule has 9 nitrogen and oxygen atoms in total. The van der Waals surface area contributed by atoms with Crippen molar-refractivity contribution in [3.05, 3.63) is 28.8 Å². The van der Waals surface area contributed by atoms with Gasteiger partial charge in [-0.1, -0.05) is 31.3 Å². The van der Waals surface area contributed by atoms with E-state index in [9.17, 15) is 9.59 Å². The largest absolute Gasteiger partial charge is 0.493 e. The molecule has 3 heterocycles. The number of amides is 2. The second kappa shape index (κ2) is 9.83. The summed E-state index contributed by atoms with van der Waals surface area (Å²) >= 11 is 1.35. The van der Waals surface area contributed by atoms with E-state index in [2.05, 4.69) is 15.5 Å². The molecule has 0 aliphatic carbocycles. The molecule has 2 fully saturated rings. The highest BCUT2D eigenvalue weighted by atomic mass is 32.1. The summed E-state index contributed by atoms with van der Waals surface area (Å²) in [5.74, 6) is 1.22. The molecule has 172 valence electrons. The number of nitrogens with zero attached hydrogens (tertiary/aromatic N) is 3. The number of benzene rings is 1. The Kier molecular flexibility index (Phi) is 6.90. The Morgan fingerprint density at radius 1 is 1.34 bits per heavy atom. The zero-order valence-electron chi connectivity index (χ0n) is 18.5. The molecule has 1 aromatic carbocycles. The highest BCUT2D eigenvalue weighted by molar-refractivity contribution is 7.15. The van der Waals surface area contributed by atoms with Crippen LogP contribution < -0.4 is 14.8 Å². The van der Waals surface area contributed by atoms with E-state index in [-0.39, 0.29) is 36.3 Å². The molecular weight excluding hydrogens is 432 g/mol. The lowest BCUT2D eigenvalue weighted by Crippen LogP contribution is -2.34. The molecule has 2 aromatic rings. The van der Waals surface area contributed by atoms with Crippen molar-refractivity contribution >= 4 is 28.3 Å². The second-order valence-electron chi connectivity index (χ2n) is 8.34. The van der Waals surface area contributed by atoms with Crippen molar-refractivity contribution in [1.29, 1.82) is 0 Å². The van der Waals surface area contributed by atoms with E-state index in [1.165, 1.54) is 11.3 Å². The minimum atomic E-state index is -0.273. The van der Waals surface area contributed by atoms with Crippen molar-refractivity contribution in [3.8, 4) is 11.5 Å². The Labute approximate surface area is 191 Å². The van der Waals surface area contributed by atoms with Gasteiger partial charge in [0, 0.05) is 31.2 Å². The SMILES string of the molecule is COc1ccc([C@@H]2CC(=O)N(CC(=O)Nc3nnc(C(C)C)s3)C2)cc1O[C@@H]1CCOC1. The zero-order chi connectivity index (χ0) is 22.7. The van der Waals surface area contributed by atoms with Crippen LogP contribution in [0, 0.1) is 0 Å². The fourth-order valence-electron chi connectivity index (χ4n) is 3.82. The fraction of sp³-hybridized carbons (Fsp3) is 0.545. The number of anilines is 1. The van der Waals surface area contributed by atoms with Gasteiger partial charge < -0.3 is 19.1 Å². The average molecular weight is 461 g/mol. The van der Waals surface area contributed by atoms with Crippen molar-refractivity contribution in [2.24, 2.45) is 0 Å². The summed E-state index contributed by atoms with van der Waals surface area (Å²) < 4.78 is 16.9. The Bertz CT molecular complexity index is 973. The molecule has 1 N–H and O–H groups in total. The van der Waals surface area contributed by atoms with E-state index >= 15 is 0 Å². The third kappa shape index (κ3) is 5.18. The lowest BCUT2D eigenvalue weighted by molar-refractivity contribution is -0.131. The first kappa shape index (κ1) is 22.5. The maximum absolute atomic E-state index is 12.6. The minimum Gasteiger partial charge on any atom is -0.493 e. The zero-order valence-corrected chi connectivity index (χ0v) is 19.3. The predicted molar refractivity (Wildman–Crippen MR) is 119 cm³/mol. The molecule has 0 saturated carbocycles. The summed E-state index contributed by atoms with van der Waals surface area (Å²) in [6.45, 7) is 5.75. The molecule has 32 heavy (non-hydrogen) atoms. The molecule has 2 amide bonds. The van der Waals surface area contributed by atoms with E-state index < -0.39 is 0 Å². The first-order valence-electron chi connectivity index (χ1n) is 10.8. The molecule has 2 aliphatic rings. The molecule has 0 unspecified atom stereocenters. The summed E-state index contributed by atoms with van der Waals surface area (Å²) in [6, 6.07) is 5.75. The number of nitrogens with one attached hydrogen (secondary N) is 1. The highest BCUT2D eigenvalue weighted by Gasteiger charge is 2.32. The Morgan fingerprint density at radius 2 is 2.19 bits per heavy atom. The van der Waals surface area contributed by atoms with Gasteiger partial charge in [-0.2, -0.15) is 0 Å². The van der Waals surface area contributed by atoms with Crippen molar-refractivity contribution in [1.82, 2.24) is 15.1 Å². The number of hydrogen-bond acceptors (Lipinski definition) is 8. The van der Waals surface area contributed by atoms with Gasteiger partial charge in [0.05, 0.1) is 26.9 Å². The minimum absolute atomic E-state index is 0.00103. The van der Waals surface area contributed by atoms with Crippen molar-refractivity contribution < 1.29 is 23.8 Å². The molecule has 4 rings (SSSR count). The standard InChI is InChI=1S/C22H28N4O5S/c1-13(2)21-24-25-22(32-21)23-19(27)11-26-10-15(9-20(26)28)14-4-5-17(29-3)18(8-14)31-16-6-7-30-12-16/h4-5,8,13,15-16H,6-7,9-12H2,1-3H3,(H,23,25,27)/t15-,16-/m1/s1. The van der Waals surface area contributed by atoms with E-state index in [4.69, 9.17) is 14.2 Å². The van der Waals surface area contributed by atoms with Crippen LogP contribution >= 0.6 is 11.3 Å². The van der Waals surface area contributed by atoms with Gasteiger partial charge >= 0.3 is 0 Å². The average Bonchev–Trinajstić information content (AvgIpc) is 3.51.